The van der Waals surface area contributed by atoms with Gasteiger partial charge in [0.05, 0.1) is 12.2 Å². The van der Waals surface area contributed by atoms with Crippen LogP contribution in [0.25, 0.3) is 11.1 Å². The van der Waals surface area contributed by atoms with Crippen molar-refractivity contribution < 1.29 is 9.84 Å². The molecule has 0 unspecified atom stereocenters. The van der Waals surface area contributed by atoms with Crippen molar-refractivity contribution in [3.05, 3.63) is 36.2 Å². The predicted molar refractivity (Wildman–Crippen MR) is 73.2 cm³/mol. The summed E-state index contributed by atoms with van der Waals surface area (Å²) < 4.78 is 7.42. The summed E-state index contributed by atoms with van der Waals surface area (Å²) in [6, 6.07) is 5.88. The molecule has 1 fully saturated rings. The molecule has 19 heavy (non-hydrogen) atoms. The van der Waals surface area contributed by atoms with E-state index in [0.29, 0.717) is 11.8 Å². The summed E-state index contributed by atoms with van der Waals surface area (Å²) in [6.07, 6.45) is 6.04. The molecule has 0 radical (unpaired) electrons. The Bertz CT molecular complexity index is 571. The average molecular weight is 258 g/mol. The molecule has 1 aliphatic heterocycles. The Hall–Kier alpha value is -1.81. The lowest BCUT2D eigenvalue weighted by molar-refractivity contribution is 0.0662. The number of nitrogens with zero attached hydrogens (tertiary/aromatic N) is 2. The van der Waals surface area contributed by atoms with Crippen LogP contribution in [0.2, 0.25) is 0 Å². The molecular formula is C15H18N2O2. The highest BCUT2D eigenvalue weighted by Crippen LogP contribution is 2.28. The second-order valence-electron chi connectivity index (χ2n) is 5.05. The molecule has 1 aliphatic rings. The fourth-order valence-electron chi connectivity index (χ4n) is 2.60. The van der Waals surface area contributed by atoms with Gasteiger partial charge in [0.25, 0.3) is 0 Å². The van der Waals surface area contributed by atoms with Gasteiger partial charge in [-0.25, -0.2) is 0 Å². The Morgan fingerprint density at radius 1 is 1.32 bits per heavy atom. The average Bonchev–Trinajstić information content (AvgIpc) is 2.89. The Labute approximate surface area is 112 Å². The zero-order valence-corrected chi connectivity index (χ0v) is 11.0. The van der Waals surface area contributed by atoms with E-state index in [1.807, 2.05) is 23.9 Å². The van der Waals surface area contributed by atoms with E-state index < -0.39 is 0 Å². The molecule has 1 saturated heterocycles. The van der Waals surface area contributed by atoms with E-state index >= 15 is 0 Å². The topological polar surface area (TPSA) is 47.3 Å². The molecule has 1 aromatic carbocycles. The van der Waals surface area contributed by atoms with Crippen molar-refractivity contribution in [3.8, 4) is 16.9 Å². The number of aromatic hydroxyl groups is 1. The van der Waals surface area contributed by atoms with Gasteiger partial charge in [0.1, 0.15) is 5.75 Å². The van der Waals surface area contributed by atoms with Crippen LogP contribution in [-0.4, -0.2) is 28.1 Å². The van der Waals surface area contributed by atoms with Crippen LogP contribution in [0.4, 0.5) is 0 Å². The fraction of sp³-hybridized carbons (Fsp3) is 0.400. The molecule has 2 heterocycles. The molecule has 4 heteroatoms. The van der Waals surface area contributed by atoms with Gasteiger partial charge in [-0.1, -0.05) is 6.07 Å². The monoisotopic (exact) mass is 258 g/mol. The third-order valence-corrected chi connectivity index (χ3v) is 3.69. The number of aryl methyl sites for hydroxylation is 1. The Balaban J connectivity index is 1.87. The molecule has 1 N–H and O–H groups in total. The summed E-state index contributed by atoms with van der Waals surface area (Å²) in [5, 5.41) is 13.9. The van der Waals surface area contributed by atoms with Gasteiger partial charge in [0, 0.05) is 25.0 Å². The normalized spacial score (nSPS) is 16.7. The Morgan fingerprint density at radius 2 is 2.11 bits per heavy atom. The van der Waals surface area contributed by atoms with Crippen molar-refractivity contribution in [2.75, 3.05) is 13.2 Å². The summed E-state index contributed by atoms with van der Waals surface area (Å²) in [6.45, 7) is 3.64. The largest absolute Gasteiger partial charge is 0.508 e. The molecular weight excluding hydrogens is 240 g/mol. The number of hydrogen-bond acceptors (Lipinski definition) is 3. The lowest BCUT2D eigenvalue weighted by Crippen LogP contribution is -2.19. The van der Waals surface area contributed by atoms with Crippen LogP contribution in [0, 0.1) is 6.92 Å². The Kier molecular flexibility index (Phi) is 3.25. The summed E-state index contributed by atoms with van der Waals surface area (Å²) in [4.78, 5) is 0. The van der Waals surface area contributed by atoms with Gasteiger partial charge in [0.2, 0.25) is 0 Å². The summed E-state index contributed by atoms with van der Waals surface area (Å²) in [5.74, 6) is 0.304. The van der Waals surface area contributed by atoms with E-state index in [2.05, 4.69) is 11.3 Å². The van der Waals surface area contributed by atoms with Gasteiger partial charge >= 0.3 is 0 Å². The molecule has 0 atom stereocenters. The molecule has 0 bridgehead atoms. The van der Waals surface area contributed by atoms with E-state index in [-0.39, 0.29) is 0 Å². The van der Waals surface area contributed by atoms with Crippen molar-refractivity contribution in [1.29, 1.82) is 0 Å². The highest BCUT2D eigenvalue weighted by atomic mass is 16.5. The second kappa shape index (κ2) is 5.05. The molecule has 4 nitrogen and oxygen atoms in total. The zero-order valence-electron chi connectivity index (χ0n) is 11.0. The zero-order chi connectivity index (χ0) is 13.2. The maximum absolute atomic E-state index is 9.46. The van der Waals surface area contributed by atoms with E-state index in [1.165, 1.54) is 0 Å². The van der Waals surface area contributed by atoms with Gasteiger partial charge in [-0.15, -0.1) is 0 Å². The van der Waals surface area contributed by atoms with Crippen molar-refractivity contribution in [1.82, 2.24) is 9.78 Å². The third kappa shape index (κ3) is 2.49. The van der Waals surface area contributed by atoms with Gasteiger partial charge < -0.3 is 9.84 Å². The first kappa shape index (κ1) is 12.2. The number of ether oxygens (including phenoxy) is 1. The molecule has 0 spiro atoms. The number of benzene rings is 1. The highest BCUT2D eigenvalue weighted by Gasteiger charge is 2.17. The third-order valence-electron chi connectivity index (χ3n) is 3.69. The minimum atomic E-state index is 0.304. The van der Waals surface area contributed by atoms with Gasteiger partial charge in [-0.2, -0.15) is 5.10 Å². The number of aromatic nitrogens is 2. The minimum absolute atomic E-state index is 0.304. The number of hydrogen-bond donors (Lipinski definition) is 1. The van der Waals surface area contributed by atoms with E-state index in [9.17, 15) is 5.11 Å². The van der Waals surface area contributed by atoms with Crippen LogP contribution in [-0.2, 0) is 4.74 Å². The van der Waals surface area contributed by atoms with Crippen molar-refractivity contribution in [2.24, 2.45) is 0 Å². The molecule has 0 aliphatic carbocycles. The molecule has 2 aromatic rings. The molecule has 0 amide bonds. The van der Waals surface area contributed by atoms with Crippen LogP contribution in [0.3, 0.4) is 0 Å². The highest BCUT2D eigenvalue weighted by molar-refractivity contribution is 5.66. The standard InChI is InChI=1S/C15H18N2O2/c1-11-8-14(18)2-3-15(11)12-9-16-17(10-12)13-4-6-19-7-5-13/h2-3,8-10,13,18H,4-7H2,1H3. The van der Waals surface area contributed by atoms with E-state index in [1.54, 1.807) is 12.1 Å². The molecule has 3 rings (SSSR count). The number of phenolic OH excluding ortho intramolecular Hbond substituents is 1. The smallest absolute Gasteiger partial charge is 0.115 e. The molecule has 100 valence electrons. The fourth-order valence-corrected chi connectivity index (χ4v) is 2.60. The first-order valence-electron chi connectivity index (χ1n) is 6.66. The maximum atomic E-state index is 9.46. The SMILES string of the molecule is Cc1cc(O)ccc1-c1cnn(C2CCOCC2)c1. The number of phenols is 1. The first-order chi connectivity index (χ1) is 9.24. The van der Waals surface area contributed by atoms with E-state index in [0.717, 1.165) is 42.7 Å². The summed E-state index contributed by atoms with van der Waals surface area (Å²) >= 11 is 0. The van der Waals surface area contributed by atoms with Crippen LogP contribution in [0.1, 0.15) is 24.4 Å². The van der Waals surface area contributed by atoms with Crippen LogP contribution >= 0.6 is 0 Å². The second-order valence-corrected chi connectivity index (χ2v) is 5.05. The predicted octanol–water partition coefficient (Wildman–Crippen LogP) is 2.92. The summed E-state index contributed by atoms with van der Waals surface area (Å²) in [5.41, 5.74) is 3.28. The lowest BCUT2D eigenvalue weighted by atomic mass is 10.0. The summed E-state index contributed by atoms with van der Waals surface area (Å²) in [7, 11) is 0. The first-order valence-corrected chi connectivity index (χ1v) is 6.66. The van der Waals surface area contributed by atoms with Crippen molar-refractivity contribution in [3.63, 3.8) is 0 Å². The maximum Gasteiger partial charge on any atom is 0.115 e. The van der Waals surface area contributed by atoms with Crippen LogP contribution in [0.15, 0.2) is 30.6 Å². The van der Waals surface area contributed by atoms with Gasteiger partial charge in [-0.3, -0.25) is 4.68 Å². The van der Waals surface area contributed by atoms with E-state index in [4.69, 9.17) is 4.74 Å². The van der Waals surface area contributed by atoms with Gasteiger partial charge in [0.15, 0.2) is 0 Å². The lowest BCUT2D eigenvalue weighted by Gasteiger charge is -2.22. The minimum Gasteiger partial charge on any atom is -0.508 e. The van der Waals surface area contributed by atoms with Crippen molar-refractivity contribution >= 4 is 0 Å². The van der Waals surface area contributed by atoms with Crippen LogP contribution < -0.4 is 0 Å². The Morgan fingerprint density at radius 3 is 2.84 bits per heavy atom. The quantitative estimate of drug-likeness (QED) is 0.901. The van der Waals surface area contributed by atoms with Crippen LogP contribution in [0.5, 0.6) is 5.75 Å². The number of rotatable bonds is 2. The molecule has 0 saturated carbocycles. The van der Waals surface area contributed by atoms with Gasteiger partial charge in [-0.05, 0) is 43.0 Å². The molecule has 1 aromatic heterocycles. The van der Waals surface area contributed by atoms with Crippen molar-refractivity contribution in [2.45, 2.75) is 25.8 Å².